The van der Waals surface area contributed by atoms with E-state index in [2.05, 4.69) is 10.6 Å². The van der Waals surface area contributed by atoms with E-state index >= 15 is 0 Å². The van der Waals surface area contributed by atoms with Gasteiger partial charge in [-0.05, 0) is 33.6 Å². The zero-order valence-corrected chi connectivity index (χ0v) is 12.0. The topological polar surface area (TPSA) is 67.4 Å². The van der Waals surface area contributed by atoms with Crippen LogP contribution in [0.4, 0.5) is 4.79 Å². The molecule has 5 nitrogen and oxygen atoms in total. The van der Waals surface area contributed by atoms with E-state index in [1.54, 1.807) is 0 Å². The van der Waals surface area contributed by atoms with Gasteiger partial charge in [0.1, 0.15) is 5.60 Å². The van der Waals surface area contributed by atoms with Crippen LogP contribution < -0.4 is 10.6 Å². The third kappa shape index (κ3) is 3.39. The molecule has 0 bridgehead atoms. The van der Waals surface area contributed by atoms with Crippen molar-refractivity contribution < 1.29 is 14.3 Å². The minimum Gasteiger partial charge on any atom is -0.444 e. The number of carbonyl (C=O) groups excluding carboxylic acids is 2. The number of hydrogen-bond donors (Lipinski definition) is 2. The molecule has 0 radical (unpaired) electrons. The van der Waals surface area contributed by atoms with Crippen LogP contribution >= 0.6 is 0 Å². The first-order valence-electron chi connectivity index (χ1n) is 7.07. The van der Waals surface area contributed by atoms with Gasteiger partial charge in [-0.2, -0.15) is 0 Å². The molecule has 1 aliphatic carbocycles. The van der Waals surface area contributed by atoms with E-state index in [1.807, 2.05) is 20.8 Å². The number of ether oxygens (including phenoxy) is 1. The molecule has 2 amide bonds. The van der Waals surface area contributed by atoms with Gasteiger partial charge in [-0.1, -0.05) is 12.8 Å². The van der Waals surface area contributed by atoms with Gasteiger partial charge in [0.2, 0.25) is 5.91 Å². The zero-order valence-electron chi connectivity index (χ0n) is 12.0. The van der Waals surface area contributed by atoms with Gasteiger partial charge in [0, 0.05) is 24.4 Å². The first-order valence-corrected chi connectivity index (χ1v) is 7.07. The normalized spacial score (nSPS) is 30.5. The Kier molecular flexibility index (Phi) is 3.74. The quantitative estimate of drug-likeness (QED) is 0.804. The Hall–Kier alpha value is -1.26. The van der Waals surface area contributed by atoms with Crippen molar-refractivity contribution in [1.82, 2.24) is 10.6 Å². The summed E-state index contributed by atoms with van der Waals surface area (Å²) in [6.45, 7) is 6.05. The van der Waals surface area contributed by atoms with Crippen LogP contribution in [-0.2, 0) is 9.53 Å². The molecule has 1 saturated carbocycles. The Morgan fingerprint density at radius 3 is 2.89 bits per heavy atom. The molecule has 0 spiro atoms. The highest BCUT2D eigenvalue weighted by atomic mass is 16.6. The highest BCUT2D eigenvalue weighted by molar-refractivity contribution is 5.80. The van der Waals surface area contributed by atoms with E-state index in [0.29, 0.717) is 13.0 Å². The van der Waals surface area contributed by atoms with Crippen molar-refractivity contribution in [3.8, 4) is 0 Å². The van der Waals surface area contributed by atoms with Crippen LogP contribution in [0.25, 0.3) is 0 Å². The molecule has 5 heteroatoms. The lowest BCUT2D eigenvalue weighted by molar-refractivity contribution is -0.119. The predicted octanol–water partition coefficient (Wildman–Crippen LogP) is 1.96. The van der Waals surface area contributed by atoms with Crippen LogP contribution in [0, 0.1) is 5.41 Å². The van der Waals surface area contributed by atoms with Crippen LogP contribution in [0.1, 0.15) is 52.9 Å². The summed E-state index contributed by atoms with van der Waals surface area (Å²) in [5.74, 6) is 0.109. The zero-order chi connectivity index (χ0) is 14.1. The van der Waals surface area contributed by atoms with Crippen LogP contribution in [-0.4, -0.2) is 30.2 Å². The molecule has 0 aromatic rings. The molecule has 2 aliphatic rings. The van der Waals surface area contributed by atoms with E-state index in [-0.39, 0.29) is 17.4 Å². The number of hydrogen-bond acceptors (Lipinski definition) is 3. The number of rotatable bonds is 2. The Bertz CT molecular complexity index is 375. The first kappa shape index (κ1) is 14.2. The number of fused-ring (bicyclic) bond motifs is 1. The average molecular weight is 268 g/mol. The van der Waals surface area contributed by atoms with Crippen molar-refractivity contribution in [2.45, 2.75) is 64.5 Å². The number of alkyl carbamates (subject to hydrolysis) is 1. The van der Waals surface area contributed by atoms with E-state index in [9.17, 15) is 9.59 Å². The molecule has 2 atom stereocenters. The van der Waals surface area contributed by atoms with Crippen LogP contribution in [0.5, 0.6) is 0 Å². The molecule has 2 unspecified atom stereocenters. The summed E-state index contributed by atoms with van der Waals surface area (Å²) in [6.07, 6.45) is 4.41. The molecule has 0 aromatic heterocycles. The highest BCUT2D eigenvalue weighted by Crippen LogP contribution is 2.42. The second-order valence-corrected chi connectivity index (χ2v) is 6.76. The van der Waals surface area contributed by atoms with Crippen molar-refractivity contribution in [1.29, 1.82) is 0 Å². The fourth-order valence-corrected chi connectivity index (χ4v) is 3.14. The maximum atomic E-state index is 11.7. The molecular formula is C14H24N2O3. The lowest BCUT2D eigenvalue weighted by Crippen LogP contribution is -2.48. The maximum absolute atomic E-state index is 11.7. The van der Waals surface area contributed by atoms with E-state index < -0.39 is 11.7 Å². The van der Waals surface area contributed by atoms with Crippen LogP contribution in [0.15, 0.2) is 0 Å². The number of carbonyl (C=O) groups is 2. The van der Waals surface area contributed by atoms with Gasteiger partial charge < -0.3 is 15.4 Å². The Morgan fingerprint density at radius 2 is 2.21 bits per heavy atom. The monoisotopic (exact) mass is 268 g/mol. The highest BCUT2D eigenvalue weighted by Gasteiger charge is 2.48. The van der Waals surface area contributed by atoms with Gasteiger partial charge >= 0.3 is 6.09 Å². The Morgan fingerprint density at radius 1 is 1.47 bits per heavy atom. The van der Waals surface area contributed by atoms with Gasteiger partial charge in [-0.3, -0.25) is 4.79 Å². The number of nitrogens with one attached hydrogen (secondary N) is 2. The third-order valence-electron chi connectivity index (χ3n) is 3.99. The standard InChI is InChI=1S/C14H24N2O3/c1-13(2,3)19-12(18)15-9-14-7-5-4-6-10(14)16-11(17)8-14/h10H,4-9H2,1-3H3,(H,15,18)(H,16,17). The van der Waals surface area contributed by atoms with Crippen molar-refractivity contribution in [2.75, 3.05) is 6.54 Å². The molecular weight excluding hydrogens is 244 g/mol. The minimum absolute atomic E-state index is 0.105. The Balaban J connectivity index is 1.93. The fourth-order valence-electron chi connectivity index (χ4n) is 3.14. The van der Waals surface area contributed by atoms with Gasteiger partial charge in [0.25, 0.3) is 0 Å². The van der Waals surface area contributed by atoms with Gasteiger partial charge in [0.15, 0.2) is 0 Å². The van der Waals surface area contributed by atoms with E-state index in [0.717, 1.165) is 25.7 Å². The third-order valence-corrected chi connectivity index (χ3v) is 3.99. The molecule has 1 aliphatic heterocycles. The first-order chi connectivity index (χ1) is 8.81. The van der Waals surface area contributed by atoms with E-state index in [4.69, 9.17) is 4.74 Å². The molecule has 1 heterocycles. The molecule has 2 N–H and O–H groups in total. The summed E-state index contributed by atoms with van der Waals surface area (Å²) in [5, 5.41) is 5.88. The Labute approximate surface area is 114 Å². The molecule has 0 aromatic carbocycles. The molecule has 1 saturated heterocycles. The van der Waals surface area contributed by atoms with Gasteiger partial charge in [-0.25, -0.2) is 4.79 Å². The van der Waals surface area contributed by atoms with Gasteiger partial charge in [0.05, 0.1) is 0 Å². The van der Waals surface area contributed by atoms with E-state index in [1.165, 1.54) is 0 Å². The molecule has 2 fully saturated rings. The molecule has 19 heavy (non-hydrogen) atoms. The lowest BCUT2D eigenvalue weighted by Gasteiger charge is -2.38. The lowest BCUT2D eigenvalue weighted by atomic mass is 9.70. The van der Waals surface area contributed by atoms with Crippen molar-refractivity contribution in [2.24, 2.45) is 5.41 Å². The largest absolute Gasteiger partial charge is 0.444 e. The molecule has 108 valence electrons. The predicted molar refractivity (Wildman–Crippen MR) is 71.7 cm³/mol. The summed E-state index contributed by atoms with van der Waals surface area (Å²) >= 11 is 0. The number of amides is 2. The van der Waals surface area contributed by atoms with Crippen molar-refractivity contribution in [3.05, 3.63) is 0 Å². The summed E-state index contributed by atoms with van der Waals surface area (Å²) in [4.78, 5) is 23.4. The smallest absolute Gasteiger partial charge is 0.407 e. The second kappa shape index (κ2) is 5.02. The van der Waals surface area contributed by atoms with Crippen LogP contribution in [0.3, 0.4) is 0 Å². The molecule has 2 rings (SSSR count). The summed E-state index contributed by atoms with van der Waals surface area (Å²) in [5.41, 5.74) is -0.594. The van der Waals surface area contributed by atoms with Crippen molar-refractivity contribution in [3.63, 3.8) is 0 Å². The fraction of sp³-hybridized carbons (Fsp3) is 0.857. The summed E-state index contributed by atoms with van der Waals surface area (Å²) < 4.78 is 5.25. The summed E-state index contributed by atoms with van der Waals surface area (Å²) in [6, 6.07) is 0.212. The second-order valence-electron chi connectivity index (χ2n) is 6.76. The van der Waals surface area contributed by atoms with Crippen LogP contribution in [0.2, 0.25) is 0 Å². The average Bonchev–Trinajstić information content (AvgIpc) is 2.60. The SMILES string of the molecule is CC(C)(C)OC(=O)NCC12CCCCC1NC(=O)C2. The maximum Gasteiger partial charge on any atom is 0.407 e. The van der Waals surface area contributed by atoms with Crippen molar-refractivity contribution >= 4 is 12.0 Å². The van der Waals surface area contributed by atoms with Gasteiger partial charge in [-0.15, -0.1) is 0 Å². The minimum atomic E-state index is -0.489. The summed E-state index contributed by atoms with van der Waals surface area (Å²) in [7, 11) is 0.